The molecule has 9 heteroatoms. The minimum Gasteiger partial charge on any atom is -0.478 e. The summed E-state index contributed by atoms with van der Waals surface area (Å²) in [7, 11) is 0. The first-order valence-electron chi connectivity index (χ1n) is 11.8. The van der Waals surface area contributed by atoms with Crippen LogP contribution in [0, 0.1) is 11.3 Å². The number of nitrogens with one attached hydrogen (secondary N) is 1. The number of aromatic nitrogens is 2. The van der Waals surface area contributed by atoms with Gasteiger partial charge in [0, 0.05) is 31.9 Å². The molecule has 1 atom stereocenters. The molecule has 9 nitrogen and oxygen atoms in total. The largest absolute Gasteiger partial charge is 0.478 e. The van der Waals surface area contributed by atoms with E-state index in [1.54, 1.807) is 4.68 Å². The van der Waals surface area contributed by atoms with Gasteiger partial charge in [0.05, 0.1) is 23.4 Å². The third-order valence-electron chi connectivity index (χ3n) is 6.76. The summed E-state index contributed by atoms with van der Waals surface area (Å²) < 4.78 is 12.8. The molecule has 4 rings (SSSR count). The fourth-order valence-corrected chi connectivity index (χ4v) is 4.80. The van der Waals surface area contributed by atoms with Crippen molar-refractivity contribution in [3.63, 3.8) is 0 Å². The maximum Gasteiger partial charge on any atom is 0.338 e. The highest BCUT2D eigenvalue weighted by Crippen LogP contribution is 2.38. The molecule has 1 aromatic heterocycles. The fourth-order valence-electron chi connectivity index (χ4n) is 4.80. The SMILES string of the molecule is CCn1nc(CC(C)COC(=O)c2cccc(C(=O)O)c2)c2c1C(=O)NCC1(CCOCC1)C2. The Morgan fingerprint density at radius 2 is 2.03 bits per heavy atom. The van der Waals surface area contributed by atoms with Gasteiger partial charge in [-0.15, -0.1) is 0 Å². The van der Waals surface area contributed by atoms with Crippen molar-refractivity contribution in [3.8, 4) is 0 Å². The predicted octanol–water partition coefficient (Wildman–Crippen LogP) is 2.72. The number of fused-ring (bicyclic) bond motifs is 1. The second-order valence-corrected chi connectivity index (χ2v) is 9.36. The lowest BCUT2D eigenvalue weighted by atomic mass is 9.75. The summed E-state index contributed by atoms with van der Waals surface area (Å²) in [5.41, 5.74) is 2.71. The molecule has 0 radical (unpaired) electrons. The number of aryl methyl sites for hydroxylation is 1. The Kier molecular flexibility index (Phi) is 7.02. The molecule has 1 amide bonds. The maximum atomic E-state index is 12.9. The number of carbonyl (C=O) groups excluding carboxylic acids is 2. The van der Waals surface area contributed by atoms with Crippen LogP contribution in [0.1, 0.15) is 69.2 Å². The number of aromatic carboxylic acids is 1. The zero-order valence-corrected chi connectivity index (χ0v) is 19.6. The van der Waals surface area contributed by atoms with Crippen LogP contribution in [0.4, 0.5) is 0 Å². The molecule has 182 valence electrons. The molecule has 0 aliphatic carbocycles. The number of hydrogen-bond donors (Lipinski definition) is 2. The van der Waals surface area contributed by atoms with Gasteiger partial charge in [-0.1, -0.05) is 13.0 Å². The smallest absolute Gasteiger partial charge is 0.338 e. The number of hydrogen-bond acceptors (Lipinski definition) is 6. The minimum absolute atomic E-state index is 0.0274. The first kappa shape index (κ1) is 23.9. The Morgan fingerprint density at radius 1 is 1.29 bits per heavy atom. The van der Waals surface area contributed by atoms with E-state index >= 15 is 0 Å². The molecule has 3 heterocycles. The van der Waals surface area contributed by atoms with Crippen molar-refractivity contribution in [2.24, 2.45) is 11.3 Å². The van der Waals surface area contributed by atoms with Gasteiger partial charge in [0.15, 0.2) is 0 Å². The zero-order valence-electron chi connectivity index (χ0n) is 19.6. The maximum absolute atomic E-state index is 12.9. The summed E-state index contributed by atoms with van der Waals surface area (Å²) in [6, 6.07) is 5.80. The quantitative estimate of drug-likeness (QED) is 0.598. The van der Waals surface area contributed by atoms with Crippen molar-refractivity contribution in [2.75, 3.05) is 26.4 Å². The number of carboxylic acids is 1. The molecule has 1 saturated heterocycles. The van der Waals surface area contributed by atoms with Crippen molar-refractivity contribution in [1.82, 2.24) is 15.1 Å². The monoisotopic (exact) mass is 469 g/mol. The summed E-state index contributed by atoms with van der Waals surface area (Å²) in [4.78, 5) is 36.5. The number of ether oxygens (including phenoxy) is 2. The van der Waals surface area contributed by atoms with Gasteiger partial charge >= 0.3 is 11.9 Å². The third-order valence-corrected chi connectivity index (χ3v) is 6.76. The van der Waals surface area contributed by atoms with Gasteiger partial charge in [-0.05, 0) is 62.1 Å². The zero-order chi connectivity index (χ0) is 24.3. The fraction of sp³-hybridized carbons (Fsp3) is 0.520. The van der Waals surface area contributed by atoms with Crippen LogP contribution in [0.3, 0.4) is 0 Å². The van der Waals surface area contributed by atoms with Crippen molar-refractivity contribution < 1.29 is 29.0 Å². The van der Waals surface area contributed by atoms with Gasteiger partial charge in [-0.25, -0.2) is 9.59 Å². The topological polar surface area (TPSA) is 120 Å². The average molecular weight is 470 g/mol. The van der Waals surface area contributed by atoms with E-state index in [0.717, 1.165) is 30.5 Å². The molecule has 1 fully saturated rings. The van der Waals surface area contributed by atoms with Crippen LogP contribution >= 0.6 is 0 Å². The summed E-state index contributed by atoms with van der Waals surface area (Å²) >= 11 is 0. The van der Waals surface area contributed by atoms with Gasteiger partial charge in [0.25, 0.3) is 5.91 Å². The lowest BCUT2D eigenvalue weighted by Crippen LogP contribution is -2.40. The van der Waals surface area contributed by atoms with Gasteiger partial charge in [-0.2, -0.15) is 5.10 Å². The third kappa shape index (κ3) is 4.99. The number of benzene rings is 1. The van der Waals surface area contributed by atoms with Crippen molar-refractivity contribution in [2.45, 2.75) is 46.1 Å². The molecule has 0 bridgehead atoms. The van der Waals surface area contributed by atoms with Crippen molar-refractivity contribution in [1.29, 1.82) is 0 Å². The van der Waals surface area contributed by atoms with Crippen molar-refractivity contribution in [3.05, 3.63) is 52.3 Å². The lowest BCUT2D eigenvalue weighted by Gasteiger charge is -2.36. The molecule has 0 saturated carbocycles. The Hall–Kier alpha value is -3.20. The molecular weight excluding hydrogens is 438 g/mol. The molecular formula is C25H31N3O6. The molecule has 2 N–H and O–H groups in total. The van der Waals surface area contributed by atoms with Crippen molar-refractivity contribution >= 4 is 17.8 Å². The highest BCUT2D eigenvalue weighted by molar-refractivity contribution is 5.95. The molecule has 1 aromatic carbocycles. The van der Waals surface area contributed by atoms with Crippen LogP contribution in [-0.4, -0.2) is 59.1 Å². The van der Waals surface area contributed by atoms with Crippen LogP contribution in [0.25, 0.3) is 0 Å². The molecule has 1 unspecified atom stereocenters. The van der Waals surface area contributed by atoms with Crippen LogP contribution < -0.4 is 5.32 Å². The highest BCUT2D eigenvalue weighted by atomic mass is 16.5. The second-order valence-electron chi connectivity index (χ2n) is 9.36. The Morgan fingerprint density at radius 3 is 2.74 bits per heavy atom. The Labute approximate surface area is 198 Å². The van der Waals surface area contributed by atoms with Crippen LogP contribution in [-0.2, 0) is 28.9 Å². The van der Waals surface area contributed by atoms with E-state index in [1.807, 2.05) is 13.8 Å². The molecule has 1 spiro atoms. The first-order chi connectivity index (χ1) is 16.3. The summed E-state index contributed by atoms with van der Waals surface area (Å²) in [6.07, 6.45) is 3.13. The minimum atomic E-state index is -1.10. The van der Waals surface area contributed by atoms with Crippen LogP contribution in [0.2, 0.25) is 0 Å². The Balaban J connectivity index is 1.48. The molecule has 2 aliphatic heterocycles. The van der Waals surface area contributed by atoms with Gasteiger partial charge in [0.2, 0.25) is 0 Å². The van der Waals surface area contributed by atoms with E-state index in [0.29, 0.717) is 38.4 Å². The van der Waals surface area contributed by atoms with Gasteiger partial charge in [0.1, 0.15) is 5.69 Å². The van der Waals surface area contributed by atoms with Crippen LogP contribution in [0.15, 0.2) is 24.3 Å². The Bertz CT molecular complexity index is 1090. The van der Waals surface area contributed by atoms with Gasteiger partial charge < -0.3 is 19.9 Å². The number of esters is 1. The average Bonchev–Trinajstić information content (AvgIpc) is 3.11. The summed E-state index contributed by atoms with van der Waals surface area (Å²) in [5, 5.41) is 17.0. The standard InChI is InChI=1S/C25H31N3O6/c1-3-28-21-19(13-25(15-26-22(21)29)7-9-33-10-8-25)20(27-28)11-16(2)14-34-24(32)18-6-4-5-17(12-18)23(30)31/h4-6,12,16H,3,7-11,13-15H2,1-2H3,(H,26,29)(H,30,31). The number of carboxylic acid groups (broad SMARTS) is 1. The first-order valence-corrected chi connectivity index (χ1v) is 11.8. The normalized spacial score (nSPS) is 18.0. The van der Waals surface area contributed by atoms with E-state index in [-0.39, 0.29) is 35.0 Å². The molecule has 2 aromatic rings. The molecule has 34 heavy (non-hydrogen) atoms. The number of rotatable bonds is 7. The number of amides is 1. The van der Waals surface area contributed by atoms with E-state index in [4.69, 9.17) is 19.7 Å². The van der Waals surface area contributed by atoms with E-state index in [9.17, 15) is 14.4 Å². The van der Waals surface area contributed by atoms with Crippen LogP contribution in [0.5, 0.6) is 0 Å². The van der Waals surface area contributed by atoms with Gasteiger partial charge in [-0.3, -0.25) is 9.48 Å². The second kappa shape index (κ2) is 9.97. The summed E-state index contributed by atoms with van der Waals surface area (Å²) in [5.74, 6) is -1.78. The van der Waals surface area contributed by atoms with E-state index in [1.165, 1.54) is 24.3 Å². The lowest BCUT2D eigenvalue weighted by molar-refractivity contribution is 0.0160. The predicted molar refractivity (Wildman–Crippen MR) is 123 cm³/mol. The van der Waals surface area contributed by atoms with E-state index < -0.39 is 11.9 Å². The molecule has 2 aliphatic rings. The summed E-state index contributed by atoms with van der Waals surface area (Å²) in [6.45, 7) is 6.71. The number of nitrogens with zero attached hydrogens (tertiary/aromatic N) is 2. The highest BCUT2D eigenvalue weighted by Gasteiger charge is 2.39. The van der Waals surface area contributed by atoms with E-state index in [2.05, 4.69) is 5.32 Å². The number of carbonyl (C=O) groups is 3.